The molecular formula is C14H15NO2S. The second-order valence-electron chi connectivity index (χ2n) is 4.68. The minimum Gasteiger partial charge on any atom is -0.431 e. The van der Waals surface area contributed by atoms with E-state index < -0.39 is 0 Å². The maximum absolute atomic E-state index is 11.9. The second kappa shape index (κ2) is 5.14. The molecule has 18 heavy (non-hydrogen) atoms. The molecule has 0 amide bonds. The van der Waals surface area contributed by atoms with Crippen LogP contribution in [-0.4, -0.2) is 16.5 Å². The largest absolute Gasteiger partial charge is 0.431 e. The number of fused-ring (bicyclic) bond motifs is 1. The third kappa shape index (κ3) is 2.43. The van der Waals surface area contributed by atoms with E-state index in [1.54, 1.807) is 0 Å². The molecule has 1 aliphatic rings. The van der Waals surface area contributed by atoms with Gasteiger partial charge in [0.15, 0.2) is 5.58 Å². The summed E-state index contributed by atoms with van der Waals surface area (Å²) < 4.78 is 5.58. The topological polar surface area (TPSA) is 43.1 Å². The maximum Gasteiger partial charge on any atom is 0.257 e. The van der Waals surface area contributed by atoms with Gasteiger partial charge in [0.2, 0.25) is 0 Å². The molecule has 0 saturated heterocycles. The van der Waals surface area contributed by atoms with Gasteiger partial charge in [-0.2, -0.15) is 0 Å². The molecule has 1 aromatic heterocycles. The zero-order valence-corrected chi connectivity index (χ0v) is 10.9. The van der Waals surface area contributed by atoms with E-state index >= 15 is 0 Å². The first kappa shape index (κ1) is 11.8. The minimum absolute atomic E-state index is 0.280. The lowest BCUT2D eigenvalue weighted by Crippen LogP contribution is -2.12. The highest BCUT2D eigenvalue weighted by Gasteiger charge is 2.22. The van der Waals surface area contributed by atoms with Crippen molar-refractivity contribution in [2.24, 2.45) is 5.92 Å². The van der Waals surface area contributed by atoms with Crippen LogP contribution in [0.4, 0.5) is 0 Å². The number of hydrogen-bond acceptors (Lipinski definition) is 4. The summed E-state index contributed by atoms with van der Waals surface area (Å²) in [5, 5.41) is 0.600. The first-order valence-electron chi connectivity index (χ1n) is 6.34. The lowest BCUT2D eigenvalue weighted by atomic mass is 10.0. The van der Waals surface area contributed by atoms with Gasteiger partial charge in [-0.15, -0.1) is 0 Å². The molecule has 2 aromatic rings. The van der Waals surface area contributed by atoms with Crippen molar-refractivity contribution in [3.63, 3.8) is 0 Å². The van der Waals surface area contributed by atoms with Crippen molar-refractivity contribution in [3.05, 3.63) is 24.3 Å². The number of carbonyl (C=O) groups is 1. The molecule has 4 heteroatoms. The standard InChI is InChI=1S/C14H15NO2S/c16-12(10-5-1-2-6-10)9-18-14-15-11-7-3-4-8-13(11)17-14/h3-4,7-8,10H,1-2,5-6,9H2. The van der Waals surface area contributed by atoms with Crippen LogP contribution in [0.1, 0.15) is 25.7 Å². The van der Waals surface area contributed by atoms with Gasteiger partial charge in [0, 0.05) is 5.92 Å². The van der Waals surface area contributed by atoms with E-state index in [1.165, 1.54) is 24.6 Å². The quantitative estimate of drug-likeness (QED) is 0.787. The van der Waals surface area contributed by atoms with Gasteiger partial charge in [-0.1, -0.05) is 36.7 Å². The van der Waals surface area contributed by atoms with Crippen LogP contribution in [0.5, 0.6) is 0 Å². The second-order valence-corrected chi connectivity index (χ2v) is 5.61. The van der Waals surface area contributed by atoms with E-state index in [2.05, 4.69) is 4.98 Å². The van der Waals surface area contributed by atoms with Gasteiger partial charge in [-0.3, -0.25) is 4.79 Å². The van der Waals surface area contributed by atoms with Gasteiger partial charge in [-0.25, -0.2) is 4.98 Å². The van der Waals surface area contributed by atoms with Crippen molar-refractivity contribution in [2.75, 3.05) is 5.75 Å². The summed E-state index contributed by atoms with van der Waals surface area (Å²) in [7, 11) is 0. The molecule has 0 N–H and O–H groups in total. The van der Waals surface area contributed by atoms with Crippen LogP contribution < -0.4 is 0 Å². The van der Waals surface area contributed by atoms with E-state index in [0.29, 0.717) is 16.8 Å². The van der Waals surface area contributed by atoms with Gasteiger partial charge in [0.25, 0.3) is 5.22 Å². The first-order chi connectivity index (χ1) is 8.83. The number of nitrogens with zero attached hydrogens (tertiary/aromatic N) is 1. The van der Waals surface area contributed by atoms with Crippen molar-refractivity contribution in [1.29, 1.82) is 0 Å². The lowest BCUT2D eigenvalue weighted by Gasteiger charge is -2.05. The number of carbonyl (C=O) groups excluding carboxylic acids is 1. The fourth-order valence-corrected chi connectivity index (χ4v) is 3.22. The van der Waals surface area contributed by atoms with Gasteiger partial charge in [0.05, 0.1) is 5.75 Å². The Morgan fingerprint density at radius 1 is 1.33 bits per heavy atom. The van der Waals surface area contributed by atoms with Crippen molar-refractivity contribution in [3.8, 4) is 0 Å². The van der Waals surface area contributed by atoms with Crippen LogP contribution in [0.2, 0.25) is 0 Å². The molecule has 1 heterocycles. The van der Waals surface area contributed by atoms with E-state index in [0.717, 1.165) is 23.9 Å². The molecule has 1 fully saturated rings. The van der Waals surface area contributed by atoms with Crippen LogP contribution in [0.15, 0.2) is 33.9 Å². The number of ketones is 1. The number of benzene rings is 1. The highest BCUT2D eigenvalue weighted by molar-refractivity contribution is 7.99. The van der Waals surface area contributed by atoms with Crippen LogP contribution in [0.25, 0.3) is 11.1 Å². The molecule has 0 spiro atoms. The van der Waals surface area contributed by atoms with Crippen LogP contribution in [-0.2, 0) is 4.79 Å². The van der Waals surface area contributed by atoms with E-state index in [-0.39, 0.29) is 5.92 Å². The molecule has 3 rings (SSSR count). The number of aromatic nitrogens is 1. The lowest BCUT2D eigenvalue weighted by molar-refractivity contribution is -0.120. The highest BCUT2D eigenvalue weighted by Crippen LogP contribution is 2.29. The summed E-state index contributed by atoms with van der Waals surface area (Å²) in [6.45, 7) is 0. The summed E-state index contributed by atoms with van der Waals surface area (Å²) >= 11 is 1.41. The third-order valence-corrected chi connectivity index (χ3v) is 4.27. The van der Waals surface area contributed by atoms with Crippen LogP contribution in [0.3, 0.4) is 0 Å². The van der Waals surface area contributed by atoms with Crippen molar-refractivity contribution in [1.82, 2.24) is 4.98 Å². The number of thioether (sulfide) groups is 1. The number of Topliss-reactive ketones (excluding diaryl/α,β-unsaturated/α-hetero) is 1. The maximum atomic E-state index is 11.9. The van der Waals surface area contributed by atoms with Gasteiger partial charge in [-0.05, 0) is 25.0 Å². The summed E-state index contributed by atoms with van der Waals surface area (Å²) in [5.74, 6) is 1.11. The Labute approximate surface area is 110 Å². The van der Waals surface area contributed by atoms with E-state index in [1.807, 2.05) is 24.3 Å². The Kier molecular flexibility index (Phi) is 3.37. The summed E-state index contributed by atoms with van der Waals surface area (Å²) in [6, 6.07) is 7.67. The normalized spacial score (nSPS) is 16.4. The van der Waals surface area contributed by atoms with Crippen LogP contribution >= 0.6 is 11.8 Å². The third-order valence-electron chi connectivity index (χ3n) is 3.42. The molecule has 0 unspecified atom stereocenters. The monoisotopic (exact) mass is 261 g/mol. The van der Waals surface area contributed by atoms with E-state index in [4.69, 9.17) is 4.42 Å². The number of rotatable bonds is 4. The highest BCUT2D eigenvalue weighted by atomic mass is 32.2. The zero-order chi connectivity index (χ0) is 12.4. The Morgan fingerprint density at radius 2 is 2.11 bits per heavy atom. The SMILES string of the molecule is O=C(CSc1nc2ccccc2o1)C1CCCC1. The minimum atomic E-state index is 0.280. The molecular weight excluding hydrogens is 246 g/mol. The summed E-state index contributed by atoms with van der Waals surface area (Å²) in [5.41, 5.74) is 1.64. The molecule has 0 bridgehead atoms. The fourth-order valence-electron chi connectivity index (χ4n) is 2.41. The summed E-state index contributed by atoms with van der Waals surface area (Å²) in [4.78, 5) is 16.3. The predicted molar refractivity (Wildman–Crippen MR) is 71.7 cm³/mol. The molecule has 1 aliphatic carbocycles. The Bertz CT molecular complexity index is 525. The summed E-state index contributed by atoms with van der Waals surface area (Å²) in [6.07, 6.45) is 4.52. The molecule has 0 aliphatic heterocycles. The molecule has 1 aromatic carbocycles. The smallest absolute Gasteiger partial charge is 0.257 e. The number of oxazole rings is 1. The van der Waals surface area contributed by atoms with Crippen molar-refractivity contribution >= 4 is 28.6 Å². The Balaban J connectivity index is 1.63. The molecule has 3 nitrogen and oxygen atoms in total. The molecule has 94 valence electrons. The van der Waals surface area contributed by atoms with Crippen molar-refractivity contribution < 1.29 is 9.21 Å². The average molecular weight is 261 g/mol. The Hall–Kier alpha value is -1.29. The molecule has 0 atom stereocenters. The average Bonchev–Trinajstić information content (AvgIpc) is 3.04. The first-order valence-corrected chi connectivity index (χ1v) is 7.32. The number of hydrogen-bond donors (Lipinski definition) is 0. The Morgan fingerprint density at radius 3 is 2.89 bits per heavy atom. The van der Waals surface area contributed by atoms with Crippen LogP contribution in [0, 0.1) is 5.92 Å². The van der Waals surface area contributed by atoms with Gasteiger partial charge >= 0.3 is 0 Å². The molecule has 0 radical (unpaired) electrons. The number of para-hydroxylation sites is 2. The van der Waals surface area contributed by atoms with Gasteiger partial charge in [0.1, 0.15) is 11.3 Å². The molecule has 1 saturated carbocycles. The van der Waals surface area contributed by atoms with Crippen molar-refractivity contribution in [2.45, 2.75) is 30.9 Å². The fraction of sp³-hybridized carbons (Fsp3) is 0.429. The zero-order valence-electron chi connectivity index (χ0n) is 10.1. The predicted octanol–water partition coefficient (Wildman–Crippen LogP) is 3.68. The van der Waals surface area contributed by atoms with E-state index in [9.17, 15) is 4.79 Å². The van der Waals surface area contributed by atoms with Gasteiger partial charge < -0.3 is 4.42 Å².